The van der Waals surface area contributed by atoms with Crippen molar-refractivity contribution in [1.82, 2.24) is 4.98 Å². The number of rotatable bonds is 3. The molecule has 6 heteroatoms. The molecule has 0 unspecified atom stereocenters. The number of carbonyl (C=O) groups is 1. The number of benzene rings is 1. The zero-order valence-electron chi connectivity index (χ0n) is 10.4. The van der Waals surface area contributed by atoms with Crippen molar-refractivity contribution in [2.24, 2.45) is 0 Å². The Bertz CT molecular complexity index is 734. The largest absolute Gasteiger partial charge is 0.459 e. The number of carbonyl (C=O) groups excluding carboxylic acids is 1. The summed E-state index contributed by atoms with van der Waals surface area (Å²) in [7, 11) is 0. The Morgan fingerprint density at radius 2 is 2.10 bits per heavy atom. The quantitative estimate of drug-likeness (QED) is 0.774. The van der Waals surface area contributed by atoms with Crippen LogP contribution in [0.1, 0.15) is 10.6 Å². The molecule has 3 N–H and O–H groups in total. The summed E-state index contributed by atoms with van der Waals surface area (Å²) < 4.78 is 5.07. The van der Waals surface area contributed by atoms with Crippen molar-refractivity contribution < 1.29 is 9.21 Å². The second-order valence-corrected chi connectivity index (χ2v) is 4.94. The molecular formula is C14H11N3O2S. The highest BCUT2D eigenvalue weighted by Gasteiger charge is 2.13. The van der Waals surface area contributed by atoms with E-state index < -0.39 is 0 Å². The standard InChI is InChI=1S/C14H11N3O2S/c15-14-17-11(8-20-14)9-4-1-2-5-10(9)16-13(18)12-6-3-7-19-12/h1-8H,(H2,15,17)(H,16,18). The number of amides is 1. The van der Waals surface area contributed by atoms with Gasteiger partial charge in [0.2, 0.25) is 0 Å². The maximum absolute atomic E-state index is 12.0. The van der Waals surface area contributed by atoms with Gasteiger partial charge in [-0.15, -0.1) is 11.3 Å². The normalized spacial score (nSPS) is 10.4. The van der Waals surface area contributed by atoms with Crippen LogP contribution in [0.5, 0.6) is 0 Å². The molecule has 0 aliphatic rings. The Kier molecular flexibility index (Phi) is 3.22. The van der Waals surface area contributed by atoms with Gasteiger partial charge in [-0.25, -0.2) is 4.98 Å². The molecule has 0 bridgehead atoms. The molecule has 0 fully saturated rings. The zero-order chi connectivity index (χ0) is 13.9. The van der Waals surface area contributed by atoms with E-state index in [1.807, 2.05) is 29.6 Å². The number of nitrogens with zero attached hydrogens (tertiary/aromatic N) is 1. The van der Waals surface area contributed by atoms with Crippen molar-refractivity contribution >= 4 is 28.1 Å². The number of nitrogens with two attached hydrogens (primary N) is 1. The Hall–Kier alpha value is -2.60. The van der Waals surface area contributed by atoms with Crippen molar-refractivity contribution in [2.75, 3.05) is 11.1 Å². The van der Waals surface area contributed by atoms with Crippen molar-refractivity contribution in [2.45, 2.75) is 0 Å². The molecule has 0 spiro atoms. The van der Waals surface area contributed by atoms with Crippen LogP contribution >= 0.6 is 11.3 Å². The van der Waals surface area contributed by atoms with Crippen LogP contribution in [0.15, 0.2) is 52.5 Å². The molecule has 0 aliphatic carbocycles. The number of nitrogens with one attached hydrogen (secondary N) is 1. The van der Waals surface area contributed by atoms with Crippen molar-refractivity contribution in [1.29, 1.82) is 0 Å². The molecular weight excluding hydrogens is 274 g/mol. The summed E-state index contributed by atoms with van der Waals surface area (Å²) in [6, 6.07) is 10.7. The Labute approximate surface area is 119 Å². The number of nitrogen functional groups attached to an aromatic ring is 1. The van der Waals surface area contributed by atoms with Crippen LogP contribution in [0.2, 0.25) is 0 Å². The Morgan fingerprint density at radius 1 is 1.25 bits per heavy atom. The Morgan fingerprint density at radius 3 is 2.80 bits per heavy atom. The van der Waals surface area contributed by atoms with Crippen LogP contribution in [0, 0.1) is 0 Å². The number of thiazole rings is 1. The predicted molar refractivity (Wildman–Crippen MR) is 78.6 cm³/mol. The molecule has 0 saturated heterocycles. The number of hydrogen-bond acceptors (Lipinski definition) is 5. The first-order chi connectivity index (χ1) is 9.74. The van der Waals surface area contributed by atoms with Crippen LogP contribution in [-0.4, -0.2) is 10.9 Å². The highest BCUT2D eigenvalue weighted by molar-refractivity contribution is 7.13. The van der Waals surface area contributed by atoms with Crippen molar-refractivity contribution in [3.05, 3.63) is 53.8 Å². The third kappa shape index (κ3) is 2.41. The summed E-state index contributed by atoms with van der Waals surface area (Å²) in [4.78, 5) is 16.2. The summed E-state index contributed by atoms with van der Waals surface area (Å²) in [5.41, 5.74) is 7.87. The van der Waals surface area contributed by atoms with E-state index in [1.54, 1.807) is 12.1 Å². The third-order valence-electron chi connectivity index (χ3n) is 2.72. The zero-order valence-corrected chi connectivity index (χ0v) is 11.2. The smallest absolute Gasteiger partial charge is 0.291 e. The van der Waals surface area contributed by atoms with E-state index >= 15 is 0 Å². The van der Waals surface area contributed by atoms with Gasteiger partial charge in [-0.3, -0.25) is 4.79 Å². The van der Waals surface area contributed by atoms with Gasteiger partial charge in [0.05, 0.1) is 17.6 Å². The van der Waals surface area contributed by atoms with E-state index in [0.29, 0.717) is 10.8 Å². The van der Waals surface area contributed by atoms with Crippen LogP contribution in [0.4, 0.5) is 10.8 Å². The fourth-order valence-corrected chi connectivity index (χ4v) is 2.38. The van der Waals surface area contributed by atoms with Gasteiger partial charge in [0.1, 0.15) is 0 Å². The van der Waals surface area contributed by atoms with Crippen molar-refractivity contribution in [3.8, 4) is 11.3 Å². The summed E-state index contributed by atoms with van der Waals surface area (Å²) in [5, 5.41) is 5.16. The maximum Gasteiger partial charge on any atom is 0.291 e. The molecule has 0 atom stereocenters. The lowest BCUT2D eigenvalue weighted by Gasteiger charge is -2.08. The number of hydrogen-bond donors (Lipinski definition) is 2. The average molecular weight is 285 g/mol. The maximum atomic E-state index is 12.0. The van der Waals surface area contributed by atoms with Gasteiger partial charge in [-0.05, 0) is 18.2 Å². The van der Waals surface area contributed by atoms with Crippen LogP contribution in [-0.2, 0) is 0 Å². The van der Waals surface area contributed by atoms with E-state index in [2.05, 4.69) is 10.3 Å². The van der Waals surface area contributed by atoms with Gasteiger partial charge in [0.15, 0.2) is 10.9 Å². The molecule has 20 heavy (non-hydrogen) atoms. The SMILES string of the molecule is Nc1nc(-c2ccccc2NC(=O)c2ccco2)cs1. The van der Waals surface area contributed by atoms with E-state index in [0.717, 1.165) is 11.3 Å². The predicted octanol–water partition coefficient (Wildman–Crippen LogP) is 3.24. The summed E-state index contributed by atoms with van der Waals surface area (Å²) in [6.07, 6.45) is 1.46. The first-order valence-corrected chi connectivity index (χ1v) is 6.77. The lowest BCUT2D eigenvalue weighted by molar-refractivity contribution is 0.0996. The second kappa shape index (κ2) is 5.18. The van der Waals surface area contributed by atoms with Gasteiger partial charge in [0, 0.05) is 10.9 Å². The molecule has 0 radical (unpaired) electrons. The first kappa shape index (κ1) is 12.4. The second-order valence-electron chi connectivity index (χ2n) is 4.05. The fourth-order valence-electron chi connectivity index (χ4n) is 1.82. The van der Waals surface area contributed by atoms with Gasteiger partial charge in [-0.1, -0.05) is 18.2 Å². The minimum Gasteiger partial charge on any atom is -0.459 e. The molecule has 1 amide bonds. The molecule has 2 heterocycles. The Balaban J connectivity index is 1.92. The van der Waals surface area contributed by atoms with Gasteiger partial charge < -0.3 is 15.5 Å². The monoisotopic (exact) mass is 285 g/mol. The highest BCUT2D eigenvalue weighted by atomic mass is 32.1. The lowest BCUT2D eigenvalue weighted by Crippen LogP contribution is -2.11. The first-order valence-electron chi connectivity index (χ1n) is 5.89. The minimum absolute atomic E-state index is 0.262. The number of furan rings is 1. The summed E-state index contributed by atoms with van der Waals surface area (Å²) in [5.74, 6) is -0.0387. The molecule has 3 rings (SSSR count). The van der Waals surface area contributed by atoms with Gasteiger partial charge in [-0.2, -0.15) is 0 Å². The van der Waals surface area contributed by atoms with Crippen molar-refractivity contribution in [3.63, 3.8) is 0 Å². The lowest BCUT2D eigenvalue weighted by atomic mass is 10.1. The highest BCUT2D eigenvalue weighted by Crippen LogP contribution is 2.29. The van der Waals surface area contributed by atoms with Gasteiger partial charge >= 0.3 is 0 Å². The number of para-hydroxylation sites is 1. The summed E-state index contributed by atoms with van der Waals surface area (Å²) in [6.45, 7) is 0. The molecule has 2 aromatic heterocycles. The fraction of sp³-hybridized carbons (Fsp3) is 0. The summed E-state index contributed by atoms with van der Waals surface area (Å²) >= 11 is 1.36. The molecule has 3 aromatic rings. The topological polar surface area (TPSA) is 81.1 Å². The van der Waals surface area contributed by atoms with Crippen LogP contribution in [0.25, 0.3) is 11.3 Å². The van der Waals surface area contributed by atoms with E-state index in [4.69, 9.17) is 10.2 Å². The number of aromatic nitrogens is 1. The van der Waals surface area contributed by atoms with E-state index in [1.165, 1.54) is 17.6 Å². The molecule has 5 nitrogen and oxygen atoms in total. The minimum atomic E-state index is -0.300. The third-order valence-corrected chi connectivity index (χ3v) is 3.39. The van der Waals surface area contributed by atoms with Crippen LogP contribution in [0.3, 0.4) is 0 Å². The van der Waals surface area contributed by atoms with Crippen LogP contribution < -0.4 is 11.1 Å². The average Bonchev–Trinajstić information content (AvgIpc) is 3.10. The number of anilines is 2. The molecule has 1 aromatic carbocycles. The van der Waals surface area contributed by atoms with E-state index in [-0.39, 0.29) is 11.7 Å². The van der Waals surface area contributed by atoms with E-state index in [9.17, 15) is 4.79 Å². The molecule has 0 aliphatic heterocycles. The molecule has 100 valence electrons. The van der Waals surface area contributed by atoms with Gasteiger partial charge in [0.25, 0.3) is 5.91 Å². The molecule has 0 saturated carbocycles.